The molecule has 0 saturated heterocycles. The molecule has 4 aromatic rings. The van der Waals surface area contributed by atoms with E-state index in [-0.39, 0.29) is 0 Å². The zero-order valence-corrected chi connectivity index (χ0v) is 14.2. The minimum atomic E-state index is 0.628. The smallest absolute Gasteiger partial charge is 0.0998 e. The first-order chi connectivity index (χ1) is 11.8. The van der Waals surface area contributed by atoms with E-state index in [4.69, 9.17) is 0 Å². The van der Waals surface area contributed by atoms with E-state index in [1.54, 1.807) is 6.20 Å². The van der Waals surface area contributed by atoms with Gasteiger partial charge in [0.25, 0.3) is 0 Å². The number of rotatable bonds is 2. The highest BCUT2D eigenvalue weighted by atomic mass is 79.9. The second-order valence-corrected chi connectivity index (χ2v) is 6.42. The Labute approximate surface area is 147 Å². The summed E-state index contributed by atoms with van der Waals surface area (Å²) in [5.41, 5.74) is 3.55. The van der Waals surface area contributed by atoms with Crippen molar-refractivity contribution in [3.8, 4) is 6.07 Å². The van der Waals surface area contributed by atoms with Crippen molar-refractivity contribution >= 4 is 49.3 Å². The summed E-state index contributed by atoms with van der Waals surface area (Å²) in [6, 6.07) is 16.3. The number of hydrogen-bond acceptors (Lipinski definition) is 2. The molecule has 0 saturated carbocycles. The summed E-state index contributed by atoms with van der Waals surface area (Å²) in [5, 5.41) is 12.9. The van der Waals surface area contributed by atoms with Gasteiger partial charge in [-0.2, -0.15) is 5.26 Å². The van der Waals surface area contributed by atoms with Crippen LogP contribution in [-0.2, 0) is 0 Å². The van der Waals surface area contributed by atoms with Crippen molar-refractivity contribution in [3.05, 3.63) is 76.7 Å². The summed E-state index contributed by atoms with van der Waals surface area (Å²) in [6.45, 7) is 0. The monoisotopic (exact) mass is 373 g/mol. The Kier molecular flexibility index (Phi) is 3.64. The zero-order chi connectivity index (χ0) is 16.5. The number of pyridine rings is 1. The molecule has 4 heteroatoms. The van der Waals surface area contributed by atoms with Crippen LogP contribution in [-0.4, -0.2) is 9.97 Å². The maximum Gasteiger partial charge on any atom is 0.0998 e. The third kappa shape index (κ3) is 2.49. The molecule has 1 N–H and O–H groups in total. The Morgan fingerprint density at radius 2 is 2.08 bits per heavy atom. The molecule has 2 aromatic carbocycles. The average molecular weight is 374 g/mol. The molecule has 0 aliphatic rings. The van der Waals surface area contributed by atoms with Crippen LogP contribution in [0.3, 0.4) is 0 Å². The molecule has 3 nitrogen and oxygen atoms in total. The molecule has 0 fully saturated rings. The van der Waals surface area contributed by atoms with Gasteiger partial charge in [0.2, 0.25) is 0 Å². The standard InChI is InChI=1S/C20H12BrN3/c21-16-4-5-20-18(9-16)19(12-24-20)15(10-22)8-13-2-1-3-14-11-23-7-6-17(13)14/h1-9,11-12,24H. The van der Waals surface area contributed by atoms with Gasteiger partial charge in [0.1, 0.15) is 0 Å². The van der Waals surface area contributed by atoms with Crippen molar-refractivity contribution in [1.82, 2.24) is 9.97 Å². The van der Waals surface area contributed by atoms with Crippen LogP contribution < -0.4 is 0 Å². The van der Waals surface area contributed by atoms with Gasteiger partial charge in [-0.25, -0.2) is 0 Å². The van der Waals surface area contributed by atoms with Crippen molar-refractivity contribution in [3.63, 3.8) is 0 Å². The van der Waals surface area contributed by atoms with Crippen LogP contribution in [0.15, 0.2) is 65.5 Å². The Balaban J connectivity index is 1.93. The average Bonchev–Trinajstić information content (AvgIpc) is 3.02. The van der Waals surface area contributed by atoms with Gasteiger partial charge in [-0.1, -0.05) is 34.1 Å². The van der Waals surface area contributed by atoms with Crippen molar-refractivity contribution < 1.29 is 0 Å². The van der Waals surface area contributed by atoms with Crippen LogP contribution in [0, 0.1) is 11.3 Å². The van der Waals surface area contributed by atoms with Gasteiger partial charge in [-0.05, 0) is 41.3 Å². The summed E-state index contributed by atoms with van der Waals surface area (Å²) in [6.07, 6.45) is 7.43. The molecule has 114 valence electrons. The first kappa shape index (κ1) is 14.7. The number of halogens is 1. The number of aromatic nitrogens is 2. The van der Waals surface area contributed by atoms with E-state index in [0.717, 1.165) is 37.3 Å². The van der Waals surface area contributed by atoms with E-state index in [0.29, 0.717) is 5.57 Å². The number of allylic oxidation sites excluding steroid dienone is 1. The highest BCUT2D eigenvalue weighted by Gasteiger charge is 2.10. The first-order valence-electron chi connectivity index (χ1n) is 7.48. The van der Waals surface area contributed by atoms with Gasteiger partial charge in [-0.3, -0.25) is 4.98 Å². The SMILES string of the molecule is N#CC(=Cc1cccc2cnccc12)c1c[nH]c2ccc(Br)cc12. The van der Waals surface area contributed by atoms with Crippen molar-refractivity contribution in [2.24, 2.45) is 0 Å². The lowest BCUT2D eigenvalue weighted by molar-refractivity contribution is 1.36. The topological polar surface area (TPSA) is 52.5 Å². The van der Waals surface area contributed by atoms with Crippen LogP contribution in [0.2, 0.25) is 0 Å². The molecule has 24 heavy (non-hydrogen) atoms. The number of nitriles is 1. The molecule has 4 rings (SSSR count). The molecule has 0 radical (unpaired) electrons. The summed E-state index contributed by atoms with van der Waals surface area (Å²) in [7, 11) is 0. The van der Waals surface area contributed by atoms with E-state index in [2.05, 4.69) is 32.0 Å². The van der Waals surface area contributed by atoms with Crippen LogP contribution in [0.1, 0.15) is 11.1 Å². The minimum Gasteiger partial charge on any atom is -0.361 e. The van der Waals surface area contributed by atoms with E-state index >= 15 is 0 Å². The minimum absolute atomic E-state index is 0.628. The predicted octanol–water partition coefficient (Wildman–Crippen LogP) is 5.54. The van der Waals surface area contributed by atoms with Crippen molar-refractivity contribution in [2.45, 2.75) is 0 Å². The van der Waals surface area contributed by atoms with E-state index in [1.165, 1.54) is 0 Å². The first-order valence-corrected chi connectivity index (χ1v) is 8.27. The number of nitrogens with one attached hydrogen (secondary N) is 1. The highest BCUT2D eigenvalue weighted by molar-refractivity contribution is 9.10. The molecule has 2 heterocycles. The Morgan fingerprint density at radius 1 is 1.17 bits per heavy atom. The summed E-state index contributed by atoms with van der Waals surface area (Å²) in [4.78, 5) is 7.39. The number of benzene rings is 2. The Bertz CT molecular complexity index is 1130. The molecule has 0 bridgehead atoms. The Morgan fingerprint density at radius 3 is 2.96 bits per heavy atom. The predicted molar refractivity (Wildman–Crippen MR) is 101 cm³/mol. The summed E-state index contributed by atoms with van der Waals surface area (Å²) >= 11 is 3.50. The number of aromatic amines is 1. The van der Waals surface area contributed by atoms with Gasteiger partial charge in [0.05, 0.1) is 11.6 Å². The van der Waals surface area contributed by atoms with E-state index in [1.807, 2.05) is 60.9 Å². The number of H-pyrrole nitrogens is 1. The summed E-state index contributed by atoms with van der Waals surface area (Å²) in [5.74, 6) is 0. The van der Waals surface area contributed by atoms with Crippen LogP contribution in [0.4, 0.5) is 0 Å². The lowest BCUT2D eigenvalue weighted by atomic mass is 10.00. The largest absolute Gasteiger partial charge is 0.361 e. The van der Waals surface area contributed by atoms with Gasteiger partial charge >= 0.3 is 0 Å². The van der Waals surface area contributed by atoms with Crippen molar-refractivity contribution in [1.29, 1.82) is 5.26 Å². The normalized spacial score (nSPS) is 11.8. The fourth-order valence-electron chi connectivity index (χ4n) is 2.91. The molecular weight excluding hydrogens is 362 g/mol. The van der Waals surface area contributed by atoms with Gasteiger partial charge in [0, 0.05) is 44.9 Å². The molecule has 0 spiro atoms. The van der Waals surface area contributed by atoms with E-state index in [9.17, 15) is 5.26 Å². The maximum atomic E-state index is 9.70. The van der Waals surface area contributed by atoms with Gasteiger partial charge < -0.3 is 4.98 Å². The number of nitrogens with zero attached hydrogens (tertiary/aromatic N) is 2. The van der Waals surface area contributed by atoms with Crippen LogP contribution >= 0.6 is 15.9 Å². The quantitative estimate of drug-likeness (QED) is 0.468. The molecule has 0 aliphatic carbocycles. The molecule has 0 atom stereocenters. The number of fused-ring (bicyclic) bond motifs is 2. The van der Waals surface area contributed by atoms with E-state index < -0.39 is 0 Å². The highest BCUT2D eigenvalue weighted by Crippen LogP contribution is 2.30. The molecule has 2 aromatic heterocycles. The van der Waals surface area contributed by atoms with Gasteiger partial charge in [0.15, 0.2) is 0 Å². The zero-order valence-electron chi connectivity index (χ0n) is 12.6. The van der Waals surface area contributed by atoms with Crippen molar-refractivity contribution in [2.75, 3.05) is 0 Å². The van der Waals surface area contributed by atoms with Crippen LogP contribution in [0.5, 0.6) is 0 Å². The second kappa shape index (κ2) is 5.95. The fourth-order valence-corrected chi connectivity index (χ4v) is 3.28. The van der Waals surface area contributed by atoms with Crippen LogP contribution in [0.25, 0.3) is 33.3 Å². The fraction of sp³-hybridized carbons (Fsp3) is 0. The lowest BCUT2D eigenvalue weighted by Crippen LogP contribution is -1.83. The maximum absolute atomic E-state index is 9.70. The lowest BCUT2D eigenvalue weighted by Gasteiger charge is -2.03. The molecule has 0 amide bonds. The van der Waals surface area contributed by atoms with Gasteiger partial charge in [-0.15, -0.1) is 0 Å². The number of hydrogen-bond donors (Lipinski definition) is 1. The Hall–Kier alpha value is -2.90. The molecule has 0 unspecified atom stereocenters. The molecular formula is C20H12BrN3. The second-order valence-electron chi connectivity index (χ2n) is 5.51. The third-order valence-corrected chi connectivity index (χ3v) is 4.56. The molecule has 0 aliphatic heterocycles. The third-order valence-electron chi connectivity index (χ3n) is 4.07. The summed E-state index contributed by atoms with van der Waals surface area (Å²) < 4.78 is 0.990.